The Morgan fingerprint density at radius 3 is 1.58 bits per heavy atom. The normalized spacial score (nSPS) is 9.86. The average Bonchev–Trinajstić information content (AvgIpc) is 2.81. The van der Waals surface area contributed by atoms with Crippen LogP contribution in [0.3, 0.4) is 0 Å². The Morgan fingerprint density at radius 2 is 1.19 bits per heavy atom. The quantitative estimate of drug-likeness (QED) is 0.191. The van der Waals surface area contributed by atoms with Crippen LogP contribution < -0.4 is 39.4 Å². The van der Waals surface area contributed by atoms with Crippen LogP contribution in [0.15, 0.2) is 77.7 Å². The van der Waals surface area contributed by atoms with Crippen molar-refractivity contribution < 1.29 is 61.8 Å². The van der Waals surface area contributed by atoms with Gasteiger partial charge in [0.05, 0.1) is 28.0 Å². The number of hydrogen-bond acceptors (Lipinski definition) is 9. The average molecular weight is 529 g/mol. The maximum absolute atomic E-state index is 11.3. The van der Waals surface area contributed by atoms with E-state index in [1.165, 1.54) is 24.3 Å². The van der Waals surface area contributed by atoms with Gasteiger partial charge < -0.3 is 9.84 Å². The molecule has 0 N–H and O–H groups in total. The maximum atomic E-state index is 11.3. The summed E-state index contributed by atoms with van der Waals surface area (Å²) in [5, 5.41) is 30.7. The number of ether oxygens (including phenoxy) is 1. The Morgan fingerprint density at radius 1 is 0.750 bits per heavy atom. The van der Waals surface area contributed by atoms with Crippen molar-refractivity contribution in [2.75, 3.05) is 13.2 Å². The molecule has 0 atom stereocenters. The van der Waals surface area contributed by atoms with Crippen LogP contribution in [0.5, 0.6) is 11.5 Å². The molecule has 11 nitrogen and oxygen atoms in total. The van der Waals surface area contributed by atoms with Crippen LogP contribution in [0.4, 0.5) is 11.4 Å². The number of non-ortho nitro benzene ring substituents is 2. The van der Waals surface area contributed by atoms with E-state index in [0.717, 1.165) is 17.7 Å². The van der Waals surface area contributed by atoms with Crippen molar-refractivity contribution in [3.8, 4) is 11.5 Å². The molecule has 0 spiro atoms. The number of nitro benzene ring substituents is 2. The Kier molecular flexibility index (Phi) is 15.2. The molecule has 0 saturated heterocycles. The van der Waals surface area contributed by atoms with Gasteiger partial charge in [0, 0.05) is 24.3 Å². The van der Waals surface area contributed by atoms with E-state index < -0.39 is 20.0 Å². The smallest absolute Gasteiger partial charge is 0.872 e. The van der Waals surface area contributed by atoms with E-state index >= 15 is 0 Å². The van der Waals surface area contributed by atoms with Gasteiger partial charge in [0.2, 0.25) is 0 Å². The predicted octanol–water partition coefficient (Wildman–Crippen LogP) is 1.39. The predicted molar refractivity (Wildman–Crippen MR) is 127 cm³/mol. The molecule has 0 aromatic heterocycles. The summed E-state index contributed by atoms with van der Waals surface area (Å²) in [6.07, 6.45) is 0. The fraction of sp³-hybridized carbons (Fsp3) is 0.217. The van der Waals surface area contributed by atoms with Gasteiger partial charge in [-0.15, -0.1) is 5.75 Å². The van der Waals surface area contributed by atoms with E-state index in [9.17, 15) is 33.8 Å². The van der Waals surface area contributed by atoms with Crippen molar-refractivity contribution in [3.05, 3.63) is 98.6 Å². The first-order valence-corrected chi connectivity index (χ1v) is 11.7. The van der Waals surface area contributed by atoms with Gasteiger partial charge in [-0.05, 0) is 45.0 Å². The van der Waals surface area contributed by atoms with Crippen molar-refractivity contribution in [2.45, 2.75) is 25.7 Å². The zero-order valence-electron chi connectivity index (χ0n) is 20.3. The van der Waals surface area contributed by atoms with Crippen LogP contribution in [-0.2, 0) is 14.3 Å². The third kappa shape index (κ3) is 12.1. The first-order valence-electron chi connectivity index (χ1n) is 10.2. The molecule has 0 bridgehead atoms. The Balaban J connectivity index is 0.000000507. The van der Waals surface area contributed by atoms with Crippen LogP contribution in [0, 0.1) is 27.2 Å². The van der Waals surface area contributed by atoms with Crippen molar-refractivity contribution in [3.63, 3.8) is 0 Å². The summed E-state index contributed by atoms with van der Waals surface area (Å²) in [7, 11) is -3.53. The van der Waals surface area contributed by atoms with Crippen molar-refractivity contribution in [1.29, 1.82) is 0 Å². The summed E-state index contributed by atoms with van der Waals surface area (Å²) in [5.41, 5.74) is 1.05. The summed E-state index contributed by atoms with van der Waals surface area (Å²) < 4.78 is 32.4. The summed E-state index contributed by atoms with van der Waals surface area (Å²) in [4.78, 5) is 19.5. The van der Waals surface area contributed by atoms with E-state index in [1.807, 2.05) is 13.8 Å². The maximum Gasteiger partial charge on any atom is 1.00 e. The molecule has 36 heavy (non-hydrogen) atoms. The molecule has 0 aliphatic heterocycles. The molecule has 0 fully saturated rings. The summed E-state index contributed by atoms with van der Waals surface area (Å²) >= 11 is 0. The van der Waals surface area contributed by atoms with E-state index in [2.05, 4.69) is 4.18 Å². The number of nitrogens with zero attached hydrogens (tertiary/aromatic N) is 2. The molecule has 0 heterocycles. The summed E-state index contributed by atoms with van der Waals surface area (Å²) in [6.45, 7) is 6.14. The zero-order valence-corrected chi connectivity index (χ0v) is 23.1. The third-order valence-corrected chi connectivity index (χ3v) is 5.38. The second-order valence-electron chi connectivity index (χ2n) is 6.61. The van der Waals surface area contributed by atoms with Crippen LogP contribution in [0.2, 0.25) is 0 Å². The Bertz CT molecular complexity index is 1190. The van der Waals surface area contributed by atoms with Crippen LogP contribution in [-0.4, -0.2) is 31.5 Å². The van der Waals surface area contributed by atoms with E-state index in [1.54, 1.807) is 43.3 Å². The van der Waals surface area contributed by atoms with Gasteiger partial charge in [-0.2, -0.15) is 8.42 Å². The van der Waals surface area contributed by atoms with Gasteiger partial charge in [0.25, 0.3) is 21.5 Å². The van der Waals surface area contributed by atoms with Crippen molar-refractivity contribution >= 4 is 21.5 Å². The minimum atomic E-state index is -3.53. The van der Waals surface area contributed by atoms with Crippen LogP contribution in [0.25, 0.3) is 0 Å². The SMILES string of the molecule is CCOS(=O)(=O)c1ccc(C)cc1.CCOc1ccc([N+](=O)[O-])cc1.O=[N+]([O-])c1ccc([O-])cc1.[Na+]. The van der Waals surface area contributed by atoms with E-state index in [-0.39, 0.29) is 58.2 Å². The van der Waals surface area contributed by atoms with Gasteiger partial charge in [-0.1, -0.05) is 29.8 Å². The monoisotopic (exact) mass is 528 g/mol. The van der Waals surface area contributed by atoms with Crippen molar-refractivity contribution in [2.24, 2.45) is 0 Å². The zero-order chi connectivity index (χ0) is 26.4. The molecule has 3 aromatic carbocycles. The molecular formula is C23H25N2NaO9S. The van der Waals surface area contributed by atoms with Gasteiger partial charge >= 0.3 is 29.6 Å². The number of nitro groups is 2. The van der Waals surface area contributed by atoms with Crippen LogP contribution >= 0.6 is 0 Å². The van der Waals surface area contributed by atoms with Gasteiger partial charge in [-0.25, -0.2) is 0 Å². The Hall–Kier alpha value is -3.03. The molecule has 0 saturated carbocycles. The molecule has 13 heteroatoms. The molecule has 3 aromatic rings. The Labute approximate surface area is 231 Å². The van der Waals surface area contributed by atoms with E-state index in [0.29, 0.717) is 12.4 Å². The minimum absolute atomic E-state index is 0. The second kappa shape index (κ2) is 16.6. The van der Waals surface area contributed by atoms with Crippen LogP contribution in [0.1, 0.15) is 19.4 Å². The minimum Gasteiger partial charge on any atom is -0.872 e. The first kappa shape index (κ1) is 33.0. The molecule has 3 rings (SSSR count). The molecule has 0 unspecified atom stereocenters. The first-order chi connectivity index (χ1) is 16.5. The molecule has 0 aliphatic carbocycles. The van der Waals surface area contributed by atoms with Gasteiger partial charge in [0.1, 0.15) is 5.75 Å². The van der Waals surface area contributed by atoms with Gasteiger partial charge in [0.15, 0.2) is 0 Å². The molecule has 0 aliphatic rings. The fourth-order valence-electron chi connectivity index (χ4n) is 2.33. The molecule has 0 amide bonds. The third-order valence-electron chi connectivity index (χ3n) is 3.99. The largest absolute Gasteiger partial charge is 1.00 e. The number of hydrogen-bond donors (Lipinski definition) is 0. The topological polar surface area (TPSA) is 162 Å². The number of aryl methyl sites for hydroxylation is 1. The summed E-state index contributed by atoms with van der Waals surface area (Å²) in [5.74, 6) is 0.439. The molecule has 0 radical (unpaired) electrons. The summed E-state index contributed by atoms with van der Waals surface area (Å²) in [6, 6.07) is 17.3. The molecular weight excluding hydrogens is 503 g/mol. The number of benzene rings is 3. The van der Waals surface area contributed by atoms with E-state index in [4.69, 9.17) is 4.74 Å². The molecule has 188 valence electrons. The standard InChI is InChI=1S/C9H12O3S.C8H9NO3.C6H5NO3.Na/c1-3-12-13(10,11)9-6-4-8(2)5-7-9;1-2-12-8-5-3-7(4-6-8)9(10)11;8-6-3-1-5(2-4-6)7(9)10;/h4-7H,3H2,1-2H3;3-6H,2H2,1H3;1-4,8H;/q;;;+1/p-1. The fourth-order valence-corrected chi connectivity index (χ4v) is 3.24. The number of rotatable bonds is 7. The van der Waals surface area contributed by atoms with Crippen molar-refractivity contribution in [1.82, 2.24) is 0 Å². The van der Waals surface area contributed by atoms with Gasteiger partial charge in [-0.3, -0.25) is 24.4 Å². The second-order valence-corrected chi connectivity index (χ2v) is 8.22.